The molecule has 1 aliphatic heterocycles. The lowest BCUT2D eigenvalue weighted by Gasteiger charge is -2.19. The fourth-order valence-electron chi connectivity index (χ4n) is 3.20. The van der Waals surface area contributed by atoms with Gasteiger partial charge in [-0.15, -0.1) is 0 Å². The molecular formula is C20H16Cl2N4O4. The summed E-state index contributed by atoms with van der Waals surface area (Å²) in [5.41, 5.74) is -0.287. The largest absolute Gasteiger partial charge is 0.458 e. The second kappa shape index (κ2) is 7.30. The molecule has 1 unspecified atom stereocenters. The van der Waals surface area contributed by atoms with Crippen molar-refractivity contribution in [1.82, 2.24) is 15.2 Å². The number of aromatic nitrogens is 1. The molecule has 0 aliphatic carbocycles. The lowest BCUT2D eigenvalue weighted by molar-refractivity contribution is -0.134. The van der Waals surface area contributed by atoms with Crippen LogP contribution in [0, 0.1) is 6.92 Å². The van der Waals surface area contributed by atoms with Crippen molar-refractivity contribution >= 4 is 57.8 Å². The summed E-state index contributed by atoms with van der Waals surface area (Å²) in [7, 11) is 0. The summed E-state index contributed by atoms with van der Waals surface area (Å²) >= 11 is 12.1. The summed E-state index contributed by atoms with van der Waals surface area (Å²) in [5.74, 6) is -0.866. The topological polar surface area (TPSA) is 105 Å². The molecule has 0 spiro atoms. The normalized spacial score (nSPS) is 18.7. The Balaban J connectivity index is 1.54. The highest BCUT2D eigenvalue weighted by Crippen LogP contribution is 2.33. The molecule has 0 radical (unpaired) electrons. The SMILES string of the molecule is Cc1c(Cl)cnc(NC(=O)CN2C(=O)NC(C)(c3cc4ccccc4o3)C2=O)c1Cl. The van der Waals surface area contributed by atoms with Crippen LogP contribution in [-0.4, -0.2) is 34.3 Å². The molecule has 30 heavy (non-hydrogen) atoms. The lowest BCUT2D eigenvalue weighted by Crippen LogP contribution is -2.42. The van der Waals surface area contributed by atoms with Crippen LogP contribution < -0.4 is 10.6 Å². The van der Waals surface area contributed by atoms with Crippen molar-refractivity contribution in [2.24, 2.45) is 0 Å². The molecule has 1 aliphatic rings. The lowest BCUT2D eigenvalue weighted by atomic mass is 9.99. The Hall–Kier alpha value is -3.10. The maximum atomic E-state index is 13.0. The third-order valence-electron chi connectivity index (χ3n) is 4.96. The van der Waals surface area contributed by atoms with Crippen molar-refractivity contribution in [3.63, 3.8) is 0 Å². The molecule has 4 amide bonds. The van der Waals surface area contributed by atoms with Gasteiger partial charge in [0.2, 0.25) is 5.91 Å². The third-order valence-corrected chi connectivity index (χ3v) is 5.80. The number of urea groups is 1. The minimum atomic E-state index is -1.43. The number of benzene rings is 1. The van der Waals surface area contributed by atoms with Gasteiger partial charge in [-0.3, -0.25) is 14.5 Å². The predicted octanol–water partition coefficient (Wildman–Crippen LogP) is 3.85. The van der Waals surface area contributed by atoms with Crippen LogP contribution in [0.5, 0.6) is 0 Å². The molecule has 2 N–H and O–H groups in total. The van der Waals surface area contributed by atoms with E-state index in [-0.39, 0.29) is 16.6 Å². The minimum Gasteiger partial charge on any atom is -0.458 e. The van der Waals surface area contributed by atoms with E-state index in [1.807, 2.05) is 12.1 Å². The number of carbonyl (C=O) groups excluding carboxylic acids is 3. The van der Waals surface area contributed by atoms with Crippen molar-refractivity contribution in [2.75, 3.05) is 11.9 Å². The molecule has 2 aromatic heterocycles. The minimum absolute atomic E-state index is 0.0932. The number of imide groups is 1. The number of fused-ring (bicyclic) bond motifs is 1. The van der Waals surface area contributed by atoms with Gasteiger partial charge in [0.05, 0.1) is 10.0 Å². The van der Waals surface area contributed by atoms with Crippen LogP contribution >= 0.6 is 23.2 Å². The highest BCUT2D eigenvalue weighted by atomic mass is 35.5. The van der Waals surface area contributed by atoms with Gasteiger partial charge in [0.1, 0.15) is 17.9 Å². The van der Waals surface area contributed by atoms with Crippen LogP contribution in [0.3, 0.4) is 0 Å². The van der Waals surface area contributed by atoms with Crippen LogP contribution in [0.4, 0.5) is 10.6 Å². The fourth-order valence-corrected chi connectivity index (χ4v) is 3.58. The standard InChI is InChI=1S/C20H16Cl2N4O4/c1-10-12(21)8-23-17(16(10)22)24-15(27)9-26-18(28)20(2,25-19(26)29)14-7-11-5-3-4-6-13(11)30-14/h3-8H,9H2,1-2H3,(H,25,29)(H,23,24,27). The van der Waals surface area contributed by atoms with E-state index in [9.17, 15) is 14.4 Å². The zero-order valence-corrected chi connectivity index (χ0v) is 17.5. The molecular weight excluding hydrogens is 431 g/mol. The number of hydrogen-bond donors (Lipinski definition) is 2. The van der Waals surface area contributed by atoms with E-state index in [0.717, 1.165) is 10.3 Å². The van der Waals surface area contributed by atoms with Gasteiger partial charge in [0.25, 0.3) is 5.91 Å². The second-order valence-corrected chi connectivity index (χ2v) is 7.82. The molecule has 4 rings (SSSR count). The molecule has 3 heterocycles. The van der Waals surface area contributed by atoms with Crippen molar-refractivity contribution in [1.29, 1.82) is 0 Å². The Kier molecular flexibility index (Phi) is 4.91. The van der Waals surface area contributed by atoms with Crippen molar-refractivity contribution in [3.8, 4) is 0 Å². The van der Waals surface area contributed by atoms with Crippen molar-refractivity contribution in [2.45, 2.75) is 19.4 Å². The number of halogens is 2. The van der Waals surface area contributed by atoms with E-state index >= 15 is 0 Å². The summed E-state index contributed by atoms with van der Waals surface area (Å²) in [6.07, 6.45) is 1.35. The average molecular weight is 447 g/mol. The number of furan rings is 1. The van der Waals surface area contributed by atoms with Gasteiger partial charge in [-0.25, -0.2) is 9.78 Å². The Morgan fingerprint density at radius 2 is 2.03 bits per heavy atom. The number of carbonyl (C=O) groups is 3. The molecule has 154 valence electrons. The Morgan fingerprint density at radius 3 is 2.77 bits per heavy atom. The van der Waals surface area contributed by atoms with E-state index in [4.69, 9.17) is 27.6 Å². The molecule has 1 aromatic carbocycles. The molecule has 3 aromatic rings. The maximum Gasteiger partial charge on any atom is 0.325 e. The molecule has 8 nitrogen and oxygen atoms in total. The number of pyridine rings is 1. The number of para-hydroxylation sites is 1. The zero-order chi connectivity index (χ0) is 21.6. The number of amides is 4. The first-order valence-electron chi connectivity index (χ1n) is 8.94. The van der Waals surface area contributed by atoms with E-state index in [1.54, 1.807) is 25.1 Å². The number of hydrogen-bond acceptors (Lipinski definition) is 5. The Morgan fingerprint density at radius 1 is 1.30 bits per heavy atom. The van der Waals surface area contributed by atoms with E-state index in [1.165, 1.54) is 13.1 Å². The van der Waals surface area contributed by atoms with Gasteiger partial charge in [0, 0.05) is 11.6 Å². The second-order valence-electron chi connectivity index (χ2n) is 7.04. The van der Waals surface area contributed by atoms with Gasteiger partial charge >= 0.3 is 6.03 Å². The van der Waals surface area contributed by atoms with Gasteiger partial charge in [-0.1, -0.05) is 41.4 Å². The van der Waals surface area contributed by atoms with Crippen molar-refractivity contribution in [3.05, 3.63) is 57.9 Å². The fraction of sp³-hybridized carbons (Fsp3) is 0.200. The first-order chi connectivity index (χ1) is 14.2. The molecule has 0 bridgehead atoms. The van der Waals surface area contributed by atoms with Gasteiger partial charge in [-0.05, 0) is 31.5 Å². The first-order valence-corrected chi connectivity index (χ1v) is 9.70. The van der Waals surface area contributed by atoms with Crippen LogP contribution in [-0.2, 0) is 15.1 Å². The Bertz CT molecular complexity index is 1180. The average Bonchev–Trinajstić information content (AvgIpc) is 3.24. The maximum absolute atomic E-state index is 13.0. The van der Waals surface area contributed by atoms with E-state index in [2.05, 4.69) is 15.6 Å². The third kappa shape index (κ3) is 3.28. The van der Waals surface area contributed by atoms with Crippen LogP contribution in [0.15, 0.2) is 40.9 Å². The summed E-state index contributed by atoms with van der Waals surface area (Å²) in [4.78, 5) is 42.7. The first kappa shape index (κ1) is 20.2. The monoisotopic (exact) mass is 446 g/mol. The number of nitrogens with zero attached hydrogens (tertiary/aromatic N) is 2. The zero-order valence-electron chi connectivity index (χ0n) is 16.0. The smallest absolute Gasteiger partial charge is 0.325 e. The van der Waals surface area contributed by atoms with E-state index < -0.39 is 29.9 Å². The number of anilines is 1. The summed E-state index contributed by atoms with van der Waals surface area (Å²) in [6.45, 7) is 2.70. The highest BCUT2D eigenvalue weighted by molar-refractivity contribution is 6.37. The van der Waals surface area contributed by atoms with Crippen LogP contribution in [0.25, 0.3) is 11.0 Å². The van der Waals surface area contributed by atoms with Crippen LogP contribution in [0.1, 0.15) is 18.2 Å². The predicted molar refractivity (Wildman–Crippen MR) is 111 cm³/mol. The number of nitrogens with one attached hydrogen (secondary N) is 2. The summed E-state index contributed by atoms with van der Waals surface area (Å²) in [5, 5.41) is 6.44. The van der Waals surface area contributed by atoms with Gasteiger partial charge in [0.15, 0.2) is 11.4 Å². The van der Waals surface area contributed by atoms with E-state index in [0.29, 0.717) is 16.2 Å². The highest BCUT2D eigenvalue weighted by Gasteiger charge is 2.51. The molecule has 1 atom stereocenters. The van der Waals surface area contributed by atoms with Gasteiger partial charge in [-0.2, -0.15) is 0 Å². The molecule has 0 saturated carbocycles. The van der Waals surface area contributed by atoms with Crippen molar-refractivity contribution < 1.29 is 18.8 Å². The Labute approximate surface area is 181 Å². The quantitative estimate of drug-likeness (QED) is 0.592. The summed E-state index contributed by atoms with van der Waals surface area (Å²) < 4.78 is 5.76. The van der Waals surface area contributed by atoms with Crippen LogP contribution in [0.2, 0.25) is 10.0 Å². The molecule has 1 saturated heterocycles. The number of rotatable bonds is 4. The van der Waals surface area contributed by atoms with Gasteiger partial charge < -0.3 is 15.1 Å². The summed E-state index contributed by atoms with van der Waals surface area (Å²) in [6, 6.07) is 8.23. The molecule has 10 heteroatoms. The molecule has 1 fully saturated rings.